The average molecular weight is 257 g/mol. The molecule has 2 fully saturated rings. The number of anilines is 1. The molecule has 3 nitrogen and oxygen atoms in total. The minimum Gasteiger partial charge on any atom is -0.354 e. The van der Waals surface area contributed by atoms with Crippen LogP contribution in [0.2, 0.25) is 0 Å². The van der Waals surface area contributed by atoms with Crippen molar-refractivity contribution in [1.82, 2.24) is 9.97 Å². The standard InChI is InChI=1S/C12H14F3N3/c13-9-10(8-1-2-8)16-7-17-11(9)18-5-3-12(14,15)4-6-18/h7-8H,1-6H2. The van der Waals surface area contributed by atoms with Gasteiger partial charge in [-0.2, -0.15) is 0 Å². The first kappa shape index (κ1) is 11.7. The van der Waals surface area contributed by atoms with Crippen LogP contribution in [0.3, 0.4) is 0 Å². The fourth-order valence-corrected chi connectivity index (χ4v) is 2.28. The molecule has 3 rings (SSSR count). The van der Waals surface area contributed by atoms with E-state index in [1.807, 2.05) is 0 Å². The number of piperidine rings is 1. The molecular weight excluding hydrogens is 243 g/mol. The summed E-state index contributed by atoms with van der Waals surface area (Å²) in [6, 6.07) is 0. The third-order valence-corrected chi connectivity index (χ3v) is 3.56. The predicted octanol–water partition coefficient (Wildman–Crippen LogP) is 2.73. The van der Waals surface area contributed by atoms with Crippen LogP contribution in [-0.4, -0.2) is 29.0 Å². The van der Waals surface area contributed by atoms with E-state index in [1.54, 1.807) is 4.90 Å². The van der Waals surface area contributed by atoms with Gasteiger partial charge < -0.3 is 4.90 Å². The summed E-state index contributed by atoms with van der Waals surface area (Å²) in [6.45, 7) is 0.288. The Morgan fingerprint density at radius 1 is 1.17 bits per heavy atom. The van der Waals surface area contributed by atoms with E-state index in [0.717, 1.165) is 12.8 Å². The summed E-state index contributed by atoms with van der Waals surface area (Å²) in [5.74, 6) is -2.68. The second-order valence-electron chi connectivity index (χ2n) is 5.01. The Kier molecular flexibility index (Phi) is 2.68. The van der Waals surface area contributed by atoms with Crippen molar-refractivity contribution in [3.8, 4) is 0 Å². The first-order chi connectivity index (χ1) is 8.57. The van der Waals surface area contributed by atoms with Crippen LogP contribution in [0.1, 0.15) is 37.3 Å². The highest BCUT2D eigenvalue weighted by Gasteiger charge is 2.36. The number of rotatable bonds is 2. The lowest BCUT2D eigenvalue weighted by Gasteiger charge is -2.32. The number of halogens is 3. The molecular formula is C12H14F3N3. The van der Waals surface area contributed by atoms with Crippen molar-refractivity contribution in [3.63, 3.8) is 0 Å². The van der Waals surface area contributed by atoms with Gasteiger partial charge in [0, 0.05) is 31.8 Å². The Bertz CT molecular complexity index is 450. The molecule has 18 heavy (non-hydrogen) atoms. The zero-order chi connectivity index (χ0) is 12.8. The largest absolute Gasteiger partial charge is 0.354 e. The van der Waals surface area contributed by atoms with Crippen LogP contribution < -0.4 is 4.90 Å². The molecule has 98 valence electrons. The van der Waals surface area contributed by atoms with Gasteiger partial charge in [0.1, 0.15) is 6.33 Å². The maximum Gasteiger partial charge on any atom is 0.251 e. The molecule has 1 aromatic rings. The maximum absolute atomic E-state index is 14.2. The summed E-state index contributed by atoms with van der Waals surface area (Å²) < 4.78 is 40.3. The molecule has 1 aromatic heterocycles. The van der Waals surface area contributed by atoms with Crippen molar-refractivity contribution in [3.05, 3.63) is 17.8 Å². The smallest absolute Gasteiger partial charge is 0.251 e. The molecule has 0 spiro atoms. The Labute approximate surface area is 103 Å². The minimum atomic E-state index is -2.63. The number of hydrogen-bond donors (Lipinski definition) is 0. The van der Waals surface area contributed by atoms with Crippen LogP contribution in [0.5, 0.6) is 0 Å². The van der Waals surface area contributed by atoms with Gasteiger partial charge in [0.2, 0.25) is 0 Å². The van der Waals surface area contributed by atoms with Gasteiger partial charge >= 0.3 is 0 Å². The zero-order valence-corrected chi connectivity index (χ0v) is 9.87. The lowest BCUT2D eigenvalue weighted by molar-refractivity contribution is -0.0222. The van der Waals surface area contributed by atoms with Gasteiger partial charge in [-0.1, -0.05) is 0 Å². The Morgan fingerprint density at radius 2 is 1.83 bits per heavy atom. The zero-order valence-electron chi connectivity index (χ0n) is 9.87. The van der Waals surface area contributed by atoms with Crippen molar-refractivity contribution in [1.29, 1.82) is 0 Å². The van der Waals surface area contributed by atoms with Crippen molar-refractivity contribution < 1.29 is 13.2 Å². The molecule has 1 aliphatic carbocycles. The number of hydrogen-bond acceptors (Lipinski definition) is 3. The predicted molar refractivity (Wildman–Crippen MR) is 60.4 cm³/mol. The summed E-state index contributed by atoms with van der Waals surface area (Å²) in [6.07, 6.45) is 2.75. The quantitative estimate of drug-likeness (QED) is 0.815. The number of alkyl halides is 2. The summed E-state index contributed by atoms with van der Waals surface area (Å²) in [4.78, 5) is 9.48. The number of nitrogens with zero attached hydrogens (tertiary/aromatic N) is 3. The van der Waals surface area contributed by atoms with Crippen LogP contribution in [0.25, 0.3) is 0 Å². The van der Waals surface area contributed by atoms with E-state index < -0.39 is 11.7 Å². The Balaban J connectivity index is 1.82. The highest BCUT2D eigenvalue weighted by atomic mass is 19.3. The molecule has 2 heterocycles. The van der Waals surface area contributed by atoms with Crippen LogP contribution in [0.4, 0.5) is 19.0 Å². The summed E-state index contributed by atoms with van der Waals surface area (Å²) in [5.41, 5.74) is 0.442. The molecule has 0 radical (unpaired) electrons. The van der Waals surface area contributed by atoms with E-state index in [4.69, 9.17) is 0 Å². The maximum atomic E-state index is 14.2. The summed E-state index contributed by atoms with van der Waals surface area (Å²) in [5, 5.41) is 0. The molecule has 0 amide bonds. The molecule has 0 atom stereocenters. The molecule has 0 unspecified atom stereocenters. The van der Waals surface area contributed by atoms with E-state index in [2.05, 4.69) is 9.97 Å². The Morgan fingerprint density at radius 3 is 2.44 bits per heavy atom. The fraction of sp³-hybridized carbons (Fsp3) is 0.667. The third kappa shape index (κ3) is 2.15. The molecule has 0 bridgehead atoms. The van der Waals surface area contributed by atoms with Gasteiger partial charge in [0.15, 0.2) is 11.6 Å². The first-order valence-corrected chi connectivity index (χ1v) is 6.20. The first-order valence-electron chi connectivity index (χ1n) is 6.20. The summed E-state index contributed by atoms with van der Waals surface area (Å²) >= 11 is 0. The lowest BCUT2D eigenvalue weighted by Crippen LogP contribution is -2.40. The normalized spacial score (nSPS) is 23.2. The number of aromatic nitrogens is 2. The van der Waals surface area contributed by atoms with Gasteiger partial charge in [-0.15, -0.1) is 0 Å². The third-order valence-electron chi connectivity index (χ3n) is 3.56. The van der Waals surface area contributed by atoms with Gasteiger partial charge in [-0.3, -0.25) is 0 Å². The average Bonchev–Trinajstić information content (AvgIpc) is 3.14. The van der Waals surface area contributed by atoms with Crippen molar-refractivity contribution in [2.24, 2.45) is 0 Å². The topological polar surface area (TPSA) is 29.0 Å². The van der Waals surface area contributed by atoms with Gasteiger partial charge in [0.25, 0.3) is 5.92 Å². The van der Waals surface area contributed by atoms with E-state index in [-0.39, 0.29) is 37.7 Å². The van der Waals surface area contributed by atoms with Crippen LogP contribution in [0.15, 0.2) is 6.33 Å². The molecule has 2 aliphatic rings. The van der Waals surface area contributed by atoms with E-state index in [0.29, 0.717) is 5.69 Å². The molecule has 1 saturated heterocycles. The molecule has 0 aromatic carbocycles. The second kappa shape index (κ2) is 4.10. The molecule has 6 heteroatoms. The monoisotopic (exact) mass is 257 g/mol. The highest BCUT2D eigenvalue weighted by molar-refractivity contribution is 5.43. The fourth-order valence-electron chi connectivity index (χ4n) is 2.28. The van der Waals surface area contributed by atoms with Gasteiger partial charge in [-0.05, 0) is 12.8 Å². The highest BCUT2D eigenvalue weighted by Crippen LogP contribution is 2.41. The molecule has 1 saturated carbocycles. The second-order valence-corrected chi connectivity index (χ2v) is 5.01. The van der Waals surface area contributed by atoms with Gasteiger partial charge in [-0.25, -0.2) is 23.1 Å². The van der Waals surface area contributed by atoms with E-state index >= 15 is 0 Å². The Hall–Kier alpha value is -1.33. The van der Waals surface area contributed by atoms with Crippen molar-refractivity contribution in [2.45, 2.75) is 37.5 Å². The van der Waals surface area contributed by atoms with E-state index in [1.165, 1.54) is 6.33 Å². The van der Waals surface area contributed by atoms with Crippen LogP contribution in [0, 0.1) is 5.82 Å². The molecule has 0 N–H and O–H groups in total. The van der Waals surface area contributed by atoms with Crippen molar-refractivity contribution >= 4 is 5.82 Å². The SMILES string of the molecule is Fc1c(C2CC2)ncnc1N1CCC(F)(F)CC1. The molecule has 1 aliphatic heterocycles. The van der Waals surface area contributed by atoms with Gasteiger partial charge in [0.05, 0.1) is 5.69 Å². The van der Waals surface area contributed by atoms with E-state index in [9.17, 15) is 13.2 Å². The van der Waals surface area contributed by atoms with Crippen LogP contribution in [-0.2, 0) is 0 Å². The van der Waals surface area contributed by atoms with Crippen LogP contribution >= 0.6 is 0 Å². The minimum absolute atomic E-state index is 0.144. The van der Waals surface area contributed by atoms with Crippen molar-refractivity contribution in [2.75, 3.05) is 18.0 Å². The summed E-state index contributed by atoms with van der Waals surface area (Å²) in [7, 11) is 0. The lowest BCUT2D eigenvalue weighted by atomic mass is 10.1.